The molecule has 1 N–H and O–H groups in total. The van der Waals surface area contributed by atoms with Gasteiger partial charge in [-0.05, 0) is 32.2 Å². The molecule has 0 aromatic carbocycles. The Bertz CT molecular complexity index is 323. The van der Waals surface area contributed by atoms with Crippen molar-refractivity contribution in [3.8, 4) is 0 Å². The van der Waals surface area contributed by atoms with Crippen LogP contribution in [0.3, 0.4) is 0 Å². The largest absolute Gasteiger partial charge is 0.378 e. The summed E-state index contributed by atoms with van der Waals surface area (Å²) in [5.74, 6) is 0.293. The van der Waals surface area contributed by atoms with Crippen LogP contribution >= 0.6 is 12.4 Å². The Morgan fingerprint density at radius 3 is 2.57 bits per heavy atom. The van der Waals surface area contributed by atoms with Crippen LogP contribution in [0, 0.1) is 0 Å². The fourth-order valence-corrected chi connectivity index (χ4v) is 3.58. The molecular weight excluding hydrogens is 290 g/mol. The number of nitrogens with zero attached hydrogens (tertiary/aromatic N) is 2. The monoisotopic (exact) mass is 317 g/mol. The van der Waals surface area contributed by atoms with E-state index in [4.69, 9.17) is 4.74 Å². The predicted molar refractivity (Wildman–Crippen MR) is 84.9 cm³/mol. The summed E-state index contributed by atoms with van der Waals surface area (Å²) in [5.41, 5.74) is 0. The average Bonchev–Trinajstić information content (AvgIpc) is 3.03. The number of amides is 1. The van der Waals surface area contributed by atoms with Crippen molar-refractivity contribution >= 4 is 18.3 Å². The molecule has 3 aliphatic rings. The van der Waals surface area contributed by atoms with Gasteiger partial charge in [0.25, 0.3) is 0 Å². The SMILES string of the molecule is Cl.O=C(CC1CCCCO1)N1CCN(C2CCNC2)CC1. The van der Waals surface area contributed by atoms with Crippen LogP contribution in [0.5, 0.6) is 0 Å². The molecule has 21 heavy (non-hydrogen) atoms. The second-order valence-corrected chi connectivity index (χ2v) is 6.26. The highest BCUT2D eigenvalue weighted by Crippen LogP contribution is 2.18. The van der Waals surface area contributed by atoms with E-state index in [2.05, 4.69) is 10.2 Å². The van der Waals surface area contributed by atoms with Crippen molar-refractivity contribution in [1.82, 2.24) is 15.1 Å². The van der Waals surface area contributed by atoms with E-state index in [0.717, 1.165) is 58.7 Å². The van der Waals surface area contributed by atoms with Gasteiger partial charge in [0.2, 0.25) is 5.91 Å². The number of carbonyl (C=O) groups excluding carboxylic acids is 1. The maximum Gasteiger partial charge on any atom is 0.225 e. The van der Waals surface area contributed by atoms with Gasteiger partial charge in [-0.1, -0.05) is 0 Å². The molecule has 2 unspecified atom stereocenters. The lowest BCUT2D eigenvalue weighted by Gasteiger charge is -2.38. The number of rotatable bonds is 3. The zero-order valence-corrected chi connectivity index (χ0v) is 13.6. The number of hydrogen-bond donors (Lipinski definition) is 1. The summed E-state index contributed by atoms with van der Waals surface area (Å²) in [6.07, 6.45) is 5.43. The van der Waals surface area contributed by atoms with Gasteiger partial charge in [0.15, 0.2) is 0 Å². The van der Waals surface area contributed by atoms with Gasteiger partial charge in [0.1, 0.15) is 0 Å². The predicted octanol–water partition coefficient (Wildman–Crippen LogP) is 0.874. The minimum absolute atomic E-state index is 0. The van der Waals surface area contributed by atoms with E-state index < -0.39 is 0 Å². The summed E-state index contributed by atoms with van der Waals surface area (Å²) in [5, 5.41) is 3.42. The summed E-state index contributed by atoms with van der Waals surface area (Å²) < 4.78 is 5.68. The second-order valence-electron chi connectivity index (χ2n) is 6.26. The van der Waals surface area contributed by atoms with Crippen LogP contribution in [0.25, 0.3) is 0 Å². The standard InChI is InChI=1S/C15H27N3O2.ClH/c19-15(11-14-3-1-2-10-20-14)18-8-6-17(7-9-18)13-4-5-16-12-13;/h13-14,16H,1-12H2;1H. The Labute approximate surface area is 133 Å². The molecule has 3 aliphatic heterocycles. The maximum atomic E-state index is 12.3. The van der Waals surface area contributed by atoms with E-state index in [0.29, 0.717) is 18.4 Å². The topological polar surface area (TPSA) is 44.8 Å². The van der Waals surface area contributed by atoms with Gasteiger partial charge in [-0.3, -0.25) is 9.69 Å². The first kappa shape index (κ1) is 17.0. The van der Waals surface area contributed by atoms with E-state index in [9.17, 15) is 4.79 Å². The smallest absolute Gasteiger partial charge is 0.225 e. The van der Waals surface area contributed by atoms with Crippen molar-refractivity contribution in [1.29, 1.82) is 0 Å². The van der Waals surface area contributed by atoms with Crippen LogP contribution in [0.2, 0.25) is 0 Å². The summed E-state index contributed by atoms with van der Waals surface area (Å²) in [4.78, 5) is 16.9. The molecule has 0 aromatic heterocycles. The van der Waals surface area contributed by atoms with Crippen LogP contribution < -0.4 is 5.32 Å². The first-order chi connectivity index (χ1) is 9.83. The second kappa shape index (κ2) is 8.32. The molecule has 0 spiro atoms. The zero-order chi connectivity index (χ0) is 13.8. The molecule has 3 saturated heterocycles. The third kappa shape index (κ3) is 4.55. The van der Waals surface area contributed by atoms with Crippen LogP contribution in [0.4, 0.5) is 0 Å². The summed E-state index contributed by atoms with van der Waals surface area (Å²) in [6.45, 7) is 6.93. The number of nitrogens with one attached hydrogen (secondary N) is 1. The number of ether oxygens (including phenoxy) is 1. The fraction of sp³-hybridized carbons (Fsp3) is 0.933. The van der Waals surface area contributed by atoms with Crippen molar-refractivity contribution in [3.63, 3.8) is 0 Å². The first-order valence-corrected chi connectivity index (χ1v) is 8.17. The van der Waals surface area contributed by atoms with Gasteiger partial charge in [-0.15, -0.1) is 12.4 Å². The van der Waals surface area contributed by atoms with Gasteiger partial charge in [0.05, 0.1) is 12.5 Å². The Morgan fingerprint density at radius 2 is 1.95 bits per heavy atom. The lowest BCUT2D eigenvalue weighted by molar-refractivity contribution is -0.137. The highest BCUT2D eigenvalue weighted by atomic mass is 35.5. The average molecular weight is 318 g/mol. The molecular formula is C15H28ClN3O2. The quantitative estimate of drug-likeness (QED) is 0.839. The third-order valence-electron chi connectivity index (χ3n) is 4.89. The van der Waals surface area contributed by atoms with Crippen molar-refractivity contribution in [3.05, 3.63) is 0 Å². The van der Waals surface area contributed by atoms with Crippen LogP contribution in [0.15, 0.2) is 0 Å². The molecule has 0 saturated carbocycles. The van der Waals surface area contributed by atoms with Crippen LogP contribution in [-0.4, -0.2) is 73.7 Å². The van der Waals surface area contributed by atoms with Crippen molar-refractivity contribution in [2.45, 2.75) is 44.2 Å². The number of halogens is 1. The molecule has 6 heteroatoms. The minimum Gasteiger partial charge on any atom is -0.378 e. The molecule has 3 rings (SSSR count). The molecule has 0 aromatic rings. The van der Waals surface area contributed by atoms with Crippen LogP contribution in [-0.2, 0) is 9.53 Å². The molecule has 122 valence electrons. The summed E-state index contributed by atoms with van der Waals surface area (Å²) >= 11 is 0. The van der Waals surface area contributed by atoms with E-state index in [1.54, 1.807) is 0 Å². The highest BCUT2D eigenvalue weighted by molar-refractivity contribution is 5.85. The Kier molecular flexibility index (Phi) is 6.74. The molecule has 3 heterocycles. The Hall–Kier alpha value is -0.360. The van der Waals surface area contributed by atoms with Gasteiger partial charge in [-0.2, -0.15) is 0 Å². The van der Waals surface area contributed by atoms with E-state index in [1.165, 1.54) is 12.8 Å². The van der Waals surface area contributed by atoms with Gasteiger partial charge >= 0.3 is 0 Å². The minimum atomic E-state index is 0. The van der Waals surface area contributed by atoms with Crippen molar-refractivity contribution in [2.24, 2.45) is 0 Å². The van der Waals surface area contributed by atoms with E-state index >= 15 is 0 Å². The molecule has 0 bridgehead atoms. The van der Waals surface area contributed by atoms with Crippen LogP contribution in [0.1, 0.15) is 32.1 Å². The van der Waals surface area contributed by atoms with Crippen molar-refractivity contribution in [2.75, 3.05) is 45.9 Å². The van der Waals surface area contributed by atoms with E-state index in [1.807, 2.05) is 4.90 Å². The third-order valence-corrected chi connectivity index (χ3v) is 4.89. The summed E-state index contributed by atoms with van der Waals surface area (Å²) in [6, 6.07) is 0.689. The normalized spacial score (nSPS) is 31.0. The molecule has 3 fully saturated rings. The zero-order valence-electron chi connectivity index (χ0n) is 12.8. The lowest BCUT2D eigenvalue weighted by Crippen LogP contribution is -2.52. The maximum absolute atomic E-state index is 12.3. The number of piperazine rings is 1. The lowest BCUT2D eigenvalue weighted by atomic mass is 10.1. The van der Waals surface area contributed by atoms with Crippen molar-refractivity contribution < 1.29 is 9.53 Å². The fourth-order valence-electron chi connectivity index (χ4n) is 3.58. The molecule has 2 atom stereocenters. The van der Waals surface area contributed by atoms with Gasteiger partial charge in [0, 0.05) is 45.4 Å². The van der Waals surface area contributed by atoms with E-state index in [-0.39, 0.29) is 18.5 Å². The molecule has 5 nitrogen and oxygen atoms in total. The first-order valence-electron chi connectivity index (χ1n) is 8.17. The van der Waals surface area contributed by atoms with Gasteiger partial charge in [-0.25, -0.2) is 0 Å². The number of hydrogen-bond acceptors (Lipinski definition) is 4. The Balaban J connectivity index is 0.00000161. The molecule has 0 aliphatic carbocycles. The Morgan fingerprint density at radius 1 is 1.14 bits per heavy atom. The number of carbonyl (C=O) groups is 1. The highest BCUT2D eigenvalue weighted by Gasteiger charge is 2.28. The molecule has 1 amide bonds. The molecule has 0 radical (unpaired) electrons. The van der Waals surface area contributed by atoms with Gasteiger partial charge < -0.3 is 15.0 Å². The summed E-state index contributed by atoms with van der Waals surface area (Å²) in [7, 11) is 0.